The van der Waals surface area contributed by atoms with Crippen molar-refractivity contribution >= 4 is 11.5 Å². The molecule has 6 heteroatoms. The minimum atomic E-state index is -0.422. The van der Waals surface area contributed by atoms with Gasteiger partial charge in [-0.25, -0.2) is 0 Å². The van der Waals surface area contributed by atoms with E-state index in [1.165, 1.54) is 12.3 Å². The standard InChI is InChI=1S/C10H15N4O2/c1-14(6-4-11-5-7-14)10-3-2-9(8-12-10)13(15)16/h2-3,8,11H,4-7H2,1H3/q+1. The zero-order valence-electron chi connectivity index (χ0n) is 9.22. The fraction of sp³-hybridized carbons (Fsp3) is 0.500. The maximum Gasteiger partial charge on any atom is 0.288 e. The molecule has 6 nitrogen and oxygen atoms in total. The first-order valence-electron chi connectivity index (χ1n) is 5.28. The SMILES string of the molecule is C[N+]1(c2ccc([N+](=O)[O-])cn2)CCNCC1. The molecule has 86 valence electrons. The van der Waals surface area contributed by atoms with E-state index in [-0.39, 0.29) is 5.69 Å². The number of piperazine rings is 1. The van der Waals surface area contributed by atoms with Gasteiger partial charge in [0.1, 0.15) is 6.20 Å². The van der Waals surface area contributed by atoms with E-state index in [1.807, 2.05) is 0 Å². The molecule has 1 aliphatic rings. The van der Waals surface area contributed by atoms with Crippen molar-refractivity contribution in [3.05, 3.63) is 28.4 Å². The Morgan fingerprint density at radius 2 is 2.12 bits per heavy atom. The second-order valence-corrected chi connectivity index (χ2v) is 4.22. The van der Waals surface area contributed by atoms with Crippen molar-refractivity contribution in [3.63, 3.8) is 0 Å². The quantitative estimate of drug-likeness (QED) is 0.451. The fourth-order valence-corrected chi connectivity index (χ4v) is 1.92. The maximum absolute atomic E-state index is 10.5. The molecule has 0 radical (unpaired) electrons. The van der Waals surface area contributed by atoms with E-state index in [0.717, 1.165) is 36.5 Å². The summed E-state index contributed by atoms with van der Waals surface area (Å²) in [5.74, 6) is 0.895. The Morgan fingerprint density at radius 3 is 2.62 bits per heavy atom. The monoisotopic (exact) mass is 223 g/mol. The van der Waals surface area contributed by atoms with Crippen LogP contribution in [0.1, 0.15) is 0 Å². The molecule has 16 heavy (non-hydrogen) atoms. The van der Waals surface area contributed by atoms with E-state index in [2.05, 4.69) is 17.3 Å². The number of likely N-dealkylation sites (N-methyl/N-ethyl adjacent to an activating group) is 1. The number of rotatable bonds is 2. The van der Waals surface area contributed by atoms with Crippen LogP contribution >= 0.6 is 0 Å². The molecule has 1 saturated heterocycles. The molecule has 0 atom stereocenters. The van der Waals surface area contributed by atoms with Crippen LogP contribution in [-0.4, -0.2) is 43.1 Å². The highest BCUT2D eigenvalue weighted by molar-refractivity contribution is 5.40. The Kier molecular flexibility index (Phi) is 2.84. The molecule has 0 aromatic carbocycles. The average molecular weight is 223 g/mol. The van der Waals surface area contributed by atoms with E-state index in [0.29, 0.717) is 0 Å². The minimum absolute atomic E-state index is 0.0467. The normalized spacial score (nSPS) is 19.3. The van der Waals surface area contributed by atoms with Crippen LogP contribution in [0.4, 0.5) is 11.5 Å². The van der Waals surface area contributed by atoms with Gasteiger partial charge in [-0.3, -0.25) is 14.6 Å². The molecule has 1 aliphatic heterocycles. The molecule has 0 unspecified atom stereocenters. The van der Waals surface area contributed by atoms with Crippen LogP contribution in [0, 0.1) is 10.1 Å². The summed E-state index contributed by atoms with van der Waals surface area (Å²) < 4.78 is 0.741. The zero-order valence-corrected chi connectivity index (χ0v) is 9.22. The topological polar surface area (TPSA) is 68.1 Å². The highest BCUT2D eigenvalue weighted by Gasteiger charge is 2.29. The molecular weight excluding hydrogens is 208 g/mol. The number of aromatic nitrogens is 1. The van der Waals surface area contributed by atoms with Crippen LogP contribution in [0.25, 0.3) is 0 Å². The molecule has 0 spiro atoms. The third-order valence-corrected chi connectivity index (χ3v) is 3.06. The Morgan fingerprint density at radius 1 is 1.44 bits per heavy atom. The molecule has 0 saturated carbocycles. The number of hydrogen-bond acceptors (Lipinski definition) is 4. The van der Waals surface area contributed by atoms with E-state index in [1.54, 1.807) is 6.07 Å². The maximum atomic E-state index is 10.5. The number of quaternary nitrogens is 1. The van der Waals surface area contributed by atoms with Gasteiger partial charge >= 0.3 is 0 Å². The van der Waals surface area contributed by atoms with Crippen molar-refractivity contribution in [1.29, 1.82) is 0 Å². The first-order chi connectivity index (χ1) is 7.62. The number of nitrogens with one attached hydrogen (secondary N) is 1. The Bertz CT molecular complexity index is 384. The van der Waals surface area contributed by atoms with Gasteiger partial charge in [-0.15, -0.1) is 0 Å². The largest absolute Gasteiger partial charge is 0.306 e. The van der Waals surface area contributed by atoms with E-state index < -0.39 is 4.92 Å². The molecular formula is C10H15N4O2+. The molecule has 0 bridgehead atoms. The molecule has 1 aromatic heterocycles. The van der Waals surface area contributed by atoms with Gasteiger partial charge in [-0.05, 0) is 0 Å². The molecule has 2 rings (SSSR count). The first kappa shape index (κ1) is 11.0. The lowest BCUT2D eigenvalue weighted by molar-refractivity contribution is -0.385. The lowest BCUT2D eigenvalue weighted by atomic mass is 10.2. The van der Waals surface area contributed by atoms with Gasteiger partial charge in [0.05, 0.1) is 25.1 Å². The second-order valence-electron chi connectivity index (χ2n) is 4.22. The molecule has 1 N–H and O–H groups in total. The van der Waals surface area contributed by atoms with Crippen molar-refractivity contribution in [2.75, 3.05) is 33.2 Å². The average Bonchev–Trinajstić information content (AvgIpc) is 2.30. The van der Waals surface area contributed by atoms with Crippen molar-refractivity contribution in [2.24, 2.45) is 0 Å². The third kappa shape index (κ3) is 2.02. The highest BCUT2D eigenvalue weighted by Crippen LogP contribution is 2.21. The predicted octanol–water partition coefficient (Wildman–Crippen LogP) is 0.530. The summed E-state index contributed by atoms with van der Waals surface area (Å²) in [4.78, 5) is 14.3. The van der Waals surface area contributed by atoms with Crippen molar-refractivity contribution < 1.29 is 4.92 Å². The Hall–Kier alpha value is -1.53. The van der Waals surface area contributed by atoms with Gasteiger partial charge in [-0.1, -0.05) is 0 Å². The molecule has 0 aliphatic carbocycles. The number of hydrogen-bond donors (Lipinski definition) is 1. The van der Waals surface area contributed by atoms with Gasteiger partial charge in [0.2, 0.25) is 5.82 Å². The summed E-state index contributed by atoms with van der Waals surface area (Å²) in [6, 6.07) is 3.28. The molecule has 0 amide bonds. The van der Waals surface area contributed by atoms with Crippen LogP contribution in [0.2, 0.25) is 0 Å². The third-order valence-electron chi connectivity index (χ3n) is 3.06. The summed E-state index contributed by atoms with van der Waals surface area (Å²) in [7, 11) is 2.11. The number of nitrogens with zero attached hydrogens (tertiary/aromatic N) is 3. The van der Waals surface area contributed by atoms with Crippen LogP contribution in [0.3, 0.4) is 0 Å². The molecule has 2 heterocycles. The minimum Gasteiger partial charge on any atom is -0.306 e. The molecule has 1 aromatic rings. The summed E-state index contributed by atoms with van der Waals surface area (Å²) in [6.45, 7) is 3.83. The fourth-order valence-electron chi connectivity index (χ4n) is 1.92. The highest BCUT2D eigenvalue weighted by atomic mass is 16.6. The lowest BCUT2D eigenvalue weighted by Crippen LogP contribution is -2.57. The Balaban J connectivity index is 2.23. The second kappa shape index (κ2) is 4.15. The van der Waals surface area contributed by atoms with E-state index >= 15 is 0 Å². The number of pyridine rings is 1. The van der Waals surface area contributed by atoms with Crippen LogP contribution in [0.5, 0.6) is 0 Å². The van der Waals surface area contributed by atoms with Crippen molar-refractivity contribution in [3.8, 4) is 0 Å². The summed E-state index contributed by atoms with van der Waals surface area (Å²) in [6.07, 6.45) is 1.33. The summed E-state index contributed by atoms with van der Waals surface area (Å²) in [5, 5.41) is 13.8. The van der Waals surface area contributed by atoms with E-state index in [4.69, 9.17) is 0 Å². The van der Waals surface area contributed by atoms with Crippen LogP contribution in [0.15, 0.2) is 18.3 Å². The number of nitro groups is 1. The van der Waals surface area contributed by atoms with Gasteiger partial charge in [-0.2, -0.15) is 4.98 Å². The van der Waals surface area contributed by atoms with Crippen molar-refractivity contribution in [2.45, 2.75) is 0 Å². The Labute approximate surface area is 93.6 Å². The molecule has 1 fully saturated rings. The van der Waals surface area contributed by atoms with Gasteiger partial charge in [0, 0.05) is 25.2 Å². The van der Waals surface area contributed by atoms with Gasteiger partial charge in [0.25, 0.3) is 5.69 Å². The predicted molar refractivity (Wildman–Crippen MR) is 61.2 cm³/mol. The smallest absolute Gasteiger partial charge is 0.288 e. The van der Waals surface area contributed by atoms with Crippen LogP contribution in [-0.2, 0) is 0 Å². The summed E-state index contributed by atoms with van der Waals surface area (Å²) in [5.41, 5.74) is 0.0467. The summed E-state index contributed by atoms with van der Waals surface area (Å²) >= 11 is 0. The zero-order chi connectivity index (χ0) is 11.6. The van der Waals surface area contributed by atoms with E-state index in [9.17, 15) is 10.1 Å². The van der Waals surface area contributed by atoms with Gasteiger partial charge < -0.3 is 5.32 Å². The first-order valence-corrected chi connectivity index (χ1v) is 5.28. The van der Waals surface area contributed by atoms with Gasteiger partial charge in [0.15, 0.2) is 0 Å². The lowest BCUT2D eigenvalue weighted by Gasteiger charge is -2.36. The van der Waals surface area contributed by atoms with Crippen LogP contribution < -0.4 is 9.80 Å². The van der Waals surface area contributed by atoms with Crippen molar-refractivity contribution in [1.82, 2.24) is 14.8 Å².